The summed E-state index contributed by atoms with van der Waals surface area (Å²) in [6.07, 6.45) is 0. The molecule has 0 amide bonds. The Morgan fingerprint density at radius 1 is 1.14 bits per heavy atom. The molecule has 0 rings (SSSR count). The van der Waals surface area contributed by atoms with E-state index in [-0.39, 0.29) is 23.5 Å². The molecule has 0 aromatic carbocycles. The van der Waals surface area contributed by atoms with Gasteiger partial charge >= 0.3 is 17.4 Å². The number of rotatable bonds is 0. The average molecular weight is 141 g/mol. The summed E-state index contributed by atoms with van der Waals surface area (Å²) in [5, 5.41) is 0. The average Bonchev–Trinajstić information content (AvgIpc) is 0.722. The molecule has 0 atom stereocenters. The monoisotopic (exact) mass is 141 g/mol. The summed E-state index contributed by atoms with van der Waals surface area (Å²) < 4.78 is 34.1. The molecule has 0 saturated carbocycles. The van der Waals surface area contributed by atoms with Crippen molar-refractivity contribution in [2.45, 2.75) is 0 Å². The number of quaternary nitrogens is 1. The number of hydrogen-bond donors (Lipinski definition) is 1. The summed E-state index contributed by atoms with van der Waals surface area (Å²) in [5.41, 5.74) is 0. The van der Waals surface area contributed by atoms with Gasteiger partial charge in [0.1, 0.15) is 0 Å². The van der Waals surface area contributed by atoms with Crippen molar-refractivity contribution in [3.05, 3.63) is 0 Å². The first-order valence-corrected chi connectivity index (χ1v) is 2.00. The van der Waals surface area contributed by atoms with Crippen LogP contribution in [0.1, 0.15) is 0 Å². The van der Waals surface area contributed by atoms with Gasteiger partial charge in [-0.05, 0) is 0 Å². The SMILES string of the molecule is O=S(=O)([O-])[O-].[Al+3].[NH4+]. The summed E-state index contributed by atoms with van der Waals surface area (Å²) in [6, 6.07) is 0. The van der Waals surface area contributed by atoms with Crippen molar-refractivity contribution >= 4 is 27.8 Å². The fraction of sp³-hybridized carbons (Fsp3) is 0. The van der Waals surface area contributed by atoms with Crippen molar-refractivity contribution in [1.29, 1.82) is 0 Å². The molecule has 0 radical (unpaired) electrons. The maximum absolute atomic E-state index is 8.52. The van der Waals surface area contributed by atoms with E-state index in [1.165, 1.54) is 0 Å². The standard InChI is InChI=1S/Al.H3N.H2O4S/c;;1-5(2,3)4/h;1H3;(H2,1,2,3,4)/q+3;;/p-1. The molecule has 0 spiro atoms. The molecule has 0 aliphatic carbocycles. The maximum Gasteiger partial charge on any atom is 3.00 e. The van der Waals surface area contributed by atoms with Crippen molar-refractivity contribution in [1.82, 2.24) is 6.15 Å². The van der Waals surface area contributed by atoms with E-state index in [1.807, 2.05) is 0 Å². The van der Waals surface area contributed by atoms with E-state index in [0.29, 0.717) is 0 Å². The molecular weight excluding hydrogens is 137 g/mol. The minimum atomic E-state index is -5.17. The Hall–Kier alpha value is 0.362. The van der Waals surface area contributed by atoms with Crippen LogP contribution in [0.15, 0.2) is 0 Å². The summed E-state index contributed by atoms with van der Waals surface area (Å²) in [4.78, 5) is 0. The summed E-state index contributed by atoms with van der Waals surface area (Å²) in [5.74, 6) is 0. The van der Waals surface area contributed by atoms with Crippen molar-refractivity contribution in [2.75, 3.05) is 0 Å². The second-order valence-electron chi connectivity index (χ2n) is 0.408. The van der Waals surface area contributed by atoms with E-state index < -0.39 is 10.4 Å². The first kappa shape index (κ1) is 15.7. The van der Waals surface area contributed by atoms with Crippen LogP contribution < -0.4 is 6.15 Å². The van der Waals surface area contributed by atoms with Crippen molar-refractivity contribution in [2.24, 2.45) is 0 Å². The third kappa shape index (κ3) is 922. The molecule has 0 aliphatic heterocycles. The van der Waals surface area contributed by atoms with Crippen molar-refractivity contribution in [3.8, 4) is 0 Å². The first-order valence-electron chi connectivity index (χ1n) is 0.667. The Morgan fingerprint density at radius 3 is 1.14 bits per heavy atom. The van der Waals surface area contributed by atoms with Gasteiger partial charge in [-0.2, -0.15) is 0 Å². The molecule has 0 aromatic rings. The smallest absolute Gasteiger partial charge is 0.759 e. The Kier molecular flexibility index (Phi) is 10.1. The molecule has 0 heterocycles. The van der Waals surface area contributed by atoms with Gasteiger partial charge in [-0.25, -0.2) is 0 Å². The van der Waals surface area contributed by atoms with Gasteiger partial charge in [0.25, 0.3) is 0 Å². The fourth-order valence-electron chi connectivity index (χ4n) is 0. The predicted molar refractivity (Wildman–Crippen MR) is 22.2 cm³/mol. The Morgan fingerprint density at radius 2 is 1.14 bits per heavy atom. The van der Waals surface area contributed by atoms with Crippen LogP contribution in [0.3, 0.4) is 0 Å². The molecule has 7 heavy (non-hydrogen) atoms. The van der Waals surface area contributed by atoms with Gasteiger partial charge in [0.2, 0.25) is 0 Å². The van der Waals surface area contributed by atoms with Crippen LogP contribution in [0.5, 0.6) is 0 Å². The van der Waals surface area contributed by atoms with Crippen LogP contribution in [-0.4, -0.2) is 34.9 Å². The van der Waals surface area contributed by atoms with E-state index >= 15 is 0 Å². The molecule has 40 valence electrons. The first-order chi connectivity index (χ1) is 2.00. The van der Waals surface area contributed by atoms with Crippen LogP contribution in [-0.2, 0) is 10.4 Å². The predicted octanol–water partition coefficient (Wildman–Crippen LogP) is -1.34. The Bertz CT molecular complexity index is 94.9. The van der Waals surface area contributed by atoms with Crippen molar-refractivity contribution in [3.63, 3.8) is 0 Å². The normalized spacial score (nSPS) is 8.29. The van der Waals surface area contributed by atoms with Gasteiger partial charge in [0, 0.05) is 10.4 Å². The third-order valence-corrected chi connectivity index (χ3v) is 0. The van der Waals surface area contributed by atoms with E-state index in [9.17, 15) is 0 Å². The Balaban J connectivity index is -0.0000000800. The van der Waals surface area contributed by atoms with Gasteiger partial charge in [-0.15, -0.1) is 0 Å². The second kappa shape index (κ2) is 4.52. The van der Waals surface area contributed by atoms with Crippen molar-refractivity contribution < 1.29 is 17.5 Å². The zero-order valence-electron chi connectivity index (χ0n) is 3.62. The summed E-state index contributed by atoms with van der Waals surface area (Å²) in [6.45, 7) is 0. The maximum atomic E-state index is 8.52. The third-order valence-electron chi connectivity index (χ3n) is 0. The van der Waals surface area contributed by atoms with Crippen LogP contribution in [0.4, 0.5) is 0 Å². The van der Waals surface area contributed by atoms with Gasteiger partial charge in [0.15, 0.2) is 0 Å². The molecule has 0 aliphatic rings. The van der Waals surface area contributed by atoms with Crippen LogP contribution in [0.25, 0.3) is 0 Å². The number of hydrogen-bond acceptors (Lipinski definition) is 4. The largest absolute Gasteiger partial charge is 3.00 e. The second-order valence-corrected chi connectivity index (χ2v) is 1.22. The van der Waals surface area contributed by atoms with Crippen LogP contribution >= 0.6 is 0 Å². The topological polar surface area (TPSA) is 117 Å². The van der Waals surface area contributed by atoms with Crippen LogP contribution in [0.2, 0.25) is 0 Å². The summed E-state index contributed by atoms with van der Waals surface area (Å²) in [7, 11) is -5.17. The fourth-order valence-corrected chi connectivity index (χ4v) is 0. The minimum Gasteiger partial charge on any atom is -0.759 e. The van der Waals surface area contributed by atoms with Gasteiger partial charge in [0.05, 0.1) is 0 Å². The van der Waals surface area contributed by atoms with E-state index in [1.54, 1.807) is 0 Å². The van der Waals surface area contributed by atoms with E-state index in [0.717, 1.165) is 0 Å². The summed E-state index contributed by atoms with van der Waals surface area (Å²) >= 11 is 0. The minimum absolute atomic E-state index is 0. The van der Waals surface area contributed by atoms with E-state index in [4.69, 9.17) is 17.5 Å². The van der Waals surface area contributed by atoms with Gasteiger partial charge in [-0.3, -0.25) is 8.42 Å². The molecule has 0 unspecified atom stereocenters. The van der Waals surface area contributed by atoms with Gasteiger partial charge in [-0.1, -0.05) is 0 Å². The van der Waals surface area contributed by atoms with E-state index in [2.05, 4.69) is 0 Å². The quantitative estimate of drug-likeness (QED) is 0.255. The molecule has 5 nitrogen and oxygen atoms in total. The Labute approximate surface area is 52.0 Å². The van der Waals surface area contributed by atoms with Gasteiger partial charge < -0.3 is 15.3 Å². The molecular formula is H4AlNO4S+2. The molecule has 0 bridgehead atoms. The molecule has 4 N–H and O–H groups in total. The zero-order chi connectivity index (χ0) is 4.50. The van der Waals surface area contributed by atoms with Crippen LogP contribution in [0, 0.1) is 0 Å². The molecule has 0 fully saturated rings. The molecule has 0 aromatic heterocycles. The zero-order valence-corrected chi connectivity index (χ0v) is 5.59. The molecule has 7 heteroatoms. The molecule has 0 saturated heterocycles.